The Morgan fingerprint density at radius 2 is 2.03 bits per heavy atom. The molecule has 0 unspecified atom stereocenters. The lowest BCUT2D eigenvalue weighted by molar-refractivity contribution is -0.151. The summed E-state index contributed by atoms with van der Waals surface area (Å²) in [6.45, 7) is 3.89. The quantitative estimate of drug-likeness (QED) is 0.469. The molecular weight excluding hydrogens is 458 g/mol. The number of carbonyl (C=O) groups excluding carboxylic acids is 3. The summed E-state index contributed by atoms with van der Waals surface area (Å²) in [6, 6.07) is 2.25. The van der Waals surface area contributed by atoms with Crippen LogP contribution in [0.2, 0.25) is 0 Å². The van der Waals surface area contributed by atoms with Crippen molar-refractivity contribution in [3.63, 3.8) is 0 Å². The summed E-state index contributed by atoms with van der Waals surface area (Å²) in [5.41, 5.74) is 4.53. The van der Waals surface area contributed by atoms with Crippen LogP contribution in [0.15, 0.2) is 32.4 Å². The van der Waals surface area contributed by atoms with Crippen molar-refractivity contribution in [1.82, 2.24) is 14.5 Å². The molecule has 12 heteroatoms. The zero-order chi connectivity index (χ0) is 25.5. The fourth-order valence-electron chi connectivity index (χ4n) is 4.06. The van der Waals surface area contributed by atoms with Crippen molar-refractivity contribution in [3.8, 4) is 0 Å². The molecule has 0 aliphatic carbocycles. The van der Waals surface area contributed by atoms with Crippen LogP contribution in [0.4, 0.5) is 11.5 Å². The number of nitrogen functional groups attached to an aromatic ring is 1. The van der Waals surface area contributed by atoms with Gasteiger partial charge in [0.2, 0.25) is 0 Å². The van der Waals surface area contributed by atoms with Crippen molar-refractivity contribution in [2.75, 3.05) is 30.3 Å². The third kappa shape index (κ3) is 5.64. The number of aromatic amines is 1. The van der Waals surface area contributed by atoms with Crippen molar-refractivity contribution in [2.45, 2.75) is 58.5 Å². The summed E-state index contributed by atoms with van der Waals surface area (Å²) in [5.74, 6) is -1.81. The van der Waals surface area contributed by atoms with Gasteiger partial charge in [-0.15, -0.1) is 0 Å². The number of H-pyrrole nitrogens is 1. The molecule has 12 nitrogen and oxygen atoms in total. The zero-order valence-electron chi connectivity index (χ0n) is 20.0. The van der Waals surface area contributed by atoms with Crippen LogP contribution in [0.5, 0.6) is 0 Å². The monoisotopic (exact) mass is 489 g/mol. The third-order valence-electron chi connectivity index (χ3n) is 5.82. The summed E-state index contributed by atoms with van der Waals surface area (Å²) in [7, 11) is 0. The summed E-state index contributed by atoms with van der Waals surface area (Å²) in [5, 5.41) is 0. The molecule has 35 heavy (non-hydrogen) atoms. The highest BCUT2D eigenvalue weighted by Crippen LogP contribution is 2.22. The fraction of sp³-hybridized carbons (Fsp3) is 0.522. The molecule has 2 amide bonds. The summed E-state index contributed by atoms with van der Waals surface area (Å²) < 4.78 is 11.6. The van der Waals surface area contributed by atoms with Crippen molar-refractivity contribution < 1.29 is 23.5 Å². The van der Waals surface area contributed by atoms with E-state index < -0.39 is 41.7 Å². The molecule has 0 spiro atoms. The number of hydrogen-bond acceptors (Lipinski definition) is 8. The molecule has 3 rings (SSSR count). The number of anilines is 2. The molecule has 0 aromatic carbocycles. The van der Waals surface area contributed by atoms with E-state index >= 15 is 0 Å². The normalized spacial score (nSPS) is 15.3. The van der Waals surface area contributed by atoms with Crippen molar-refractivity contribution in [1.29, 1.82) is 0 Å². The van der Waals surface area contributed by atoms with Crippen LogP contribution in [-0.4, -0.2) is 58.0 Å². The number of nitrogens with zero attached hydrogens (tertiary/aromatic N) is 3. The highest BCUT2D eigenvalue weighted by atomic mass is 16.5. The minimum absolute atomic E-state index is 0.114. The van der Waals surface area contributed by atoms with Gasteiger partial charge in [0, 0.05) is 19.6 Å². The summed E-state index contributed by atoms with van der Waals surface area (Å²) >= 11 is 0. The topological polar surface area (TPSA) is 161 Å². The molecule has 1 fully saturated rings. The standard InChI is InChI=1S/C23H31N5O7/c1-3-5-11-27(18-19(24)28(10-4-2)23(33)25-20(18)30)17(29)14-35-22(32)15-8-6-12-26(15)21(31)16-9-7-13-34-16/h7,9,13,15H,3-6,8,10-12,14,24H2,1-2H3,(H,25,30,33)/t15-/m0/s1. The van der Waals surface area contributed by atoms with Gasteiger partial charge in [-0.2, -0.15) is 0 Å². The van der Waals surface area contributed by atoms with Gasteiger partial charge in [-0.3, -0.25) is 23.9 Å². The predicted octanol–water partition coefficient (Wildman–Crippen LogP) is 1.10. The van der Waals surface area contributed by atoms with E-state index in [0.29, 0.717) is 32.2 Å². The molecule has 0 radical (unpaired) electrons. The van der Waals surface area contributed by atoms with Crippen LogP contribution in [0.25, 0.3) is 0 Å². The van der Waals surface area contributed by atoms with Gasteiger partial charge in [-0.05, 0) is 37.8 Å². The second-order valence-corrected chi connectivity index (χ2v) is 8.29. The highest BCUT2D eigenvalue weighted by molar-refractivity contribution is 5.98. The van der Waals surface area contributed by atoms with Crippen LogP contribution in [-0.2, 0) is 20.9 Å². The Morgan fingerprint density at radius 3 is 2.69 bits per heavy atom. The number of ether oxygens (including phenoxy) is 1. The van der Waals surface area contributed by atoms with Gasteiger partial charge >= 0.3 is 11.7 Å². The number of hydrogen-bond donors (Lipinski definition) is 2. The molecular formula is C23H31N5O7. The molecule has 2 aromatic rings. The van der Waals surface area contributed by atoms with E-state index in [4.69, 9.17) is 14.9 Å². The molecule has 3 heterocycles. The van der Waals surface area contributed by atoms with E-state index in [1.54, 1.807) is 6.07 Å². The number of aromatic nitrogens is 2. The summed E-state index contributed by atoms with van der Waals surface area (Å²) in [4.78, 5) is 68.0. The van der Waals surface area contributed by atoms with Gasteiger partial charge in [0.25, 0.3) is 17.4 Å². The average Bonchev–Trinajstić information content (AvgIpc) is 3.54. The molecule has 1 atom stereocenters. The highest BCUT2D eigenvalue weighted by Gasteiger charge is 2.37. The predicted molar refractivity (Wildman–Crippen MR) is 127 cm³/mol. The largest absolute Gasteiger partial charge is 0.459 e. The number of amides is 2. The van der Waals surface area contributed by atoms with Crippen molar-refractivity contribution >= 4 is 29.3 Å². The first-order valence-electron chi connectivity index (χ1n) is 11.7. The van der Waals surface area contributed by atoms with Gasteiger partial charge in [0.05, 0.1) is 6.26 Å². The van der Waals surface area contributed by atoms with Gasteiger partial charge in [0.1, 0.15) is 11.9 Å². The van der Waals surface area contributed by atoms with E-state index in [-0.39, 0.29) is 30.4 Å². The van der Waals surface area contributed by atoms with Crippen LogP contribution >= 0.6 is 0 Å². The molecule has 1 aliphatic heterocycles. The second kappa shape index (κ2) is 11.5. The number of rotatable bonds is 10. The summed E-state index contributed by atoms with van der Waals surface area (Å²) in [6.07, 6.45) is 4.24. The number of nitrogens with two attached hydrogens (primary N) is 1. The van der Waals surface area contributed by atoms with E-state index in [1.807, 2.05) is 13.8 Å². The lowest BCUT2D eigenvalue weighted by Crippen LogP contribution is -2.45. The number of carbonyl (C=O) groups is 3. The maximum atomic E-state index is 13.1. The first-order chi connectivity index (χ1) is 16.8. The number of esters is 1. The van der Waals surface area contributed by atoms with Crippen LogP contribution in [0.3, 0.4) is 0 Å². The Hall–Kier alpha value is -3.83. The van der Waals surface area contributed by atoms with Gasteiger partial charge in [-0.1, -0.05) is 20.3 Å². The van der Waals surface area contributed by atoms with Crippen LogP contribution in [0.1, 0.15) is 56.5 Å². The minimum atomic E-state index is -0.843. The lowest BCUT2D eigenvalue weighted by Gasteiger charge is -2.25. The van der Waals surface area contributed by atoms with Crippen molar-refractivity contribution in [3.05, 3.63) is 45.0 Å². The van der Waals surface area contributed by atoms with Gasteiger partial charge in [-0.25, -0.2) is 9.59 Å². The molecule has 0 bridgehead atoms. The molecule has 190 valence electrons. The van der Waals surface area contributed by atoms with E-state index in [1.165, 1.54) is 21.8 Å². The van der Waals surface area contributed by atoms with E-state index in [2.05, 4.69) is 4.98 Å². The molecule has 2 aromatic heterocycles. The van der Waals surface area contributed by atoms with Gasteiger partial charge in [0.15, 0.2) is 18.1 Å². The van der Waals surface area contributed by atoms with Crippen LogP contribution in [0, 0.1) is 0 Å². The Balaban J connectivity index is 1.77. The Kier molecular flexibility index (Phi) is 8.50. The number of unbranched alkanes of at least 4 members (excludes halogenated alkanes) is 1. The Bertz CT molecular complexity index is 1170. The first-order valence-corrected chi connectivity index (χ1v) is 11.7. The molecule has 3 N–H and O–H groups in total. The smallest absolute Gasteiger partial charge is 0.330 e. The lowest BCUT2D eigenvalue weighted by atomic mass is 10.2. The van der Waals surface area contributed by atoms with Gasteiger partial charge < -0.3 is 24.7 Å². The SMILES string of the molecule is CCCCN(C(=O)COC(=O)[C@@H]1CCCN1C(=O)c1ccco1)c1c(N)n(CCC)c(=O)[nH]c1=O. The Morgan fingerprint density at radius 1 is 1.26 bits per heavy atom. The molecule has 1 saturated heterocycles. The first kappa shape index (κ1) is 25.8. The van der Waals surface area contributed by atoms with Crippen LogP contribution < -0.4 is 21.9 Å². The van der Waals surface area contributed by atoms with Crippen molar-refractivity contribution in [2.24, 2.45) is 0 Å². The number of nitrogens with one attached hydrogen (secondary N) is 1. The third-order valence-corrected chi connectivity index (χ3v) is 5.82. The number of likely N-dealkylation sites (tertiary alicyclic amines) is 1. The number of furan rings is 1. The maximum Gasteiger partial charge on any atom is 0.330 e. The minimum Gasteiger partial charge on any atom is -0.459 e. The van der Waals surface area contributed by atoms with E-state index in [9.17, 15) is 24.0 Å². The zero-order valence-corrected chi connectivity index (χ0v) is 20.0. The average molecular weight is 490 g/mol. The second-order valence-electron chi connectivity index (χ2n) is 8.29. The van der Waals surface area contributed by atoms with E-state index in [0.717, 1.165) is 11.3 Å². The fourth-order valence-corrected chi connectivity index (χ4v) is 4.06. The molecule has 0 saturated carbocycles. The maximum absolute atomic E-state index is 13.1. The molecule has 1 aliphatic rings. The Labute approximate surface area is 201 Å².